The fourth-order valence-corrected chi connectivity index (χ4v) is 3.19. The molecule has 0 aliphatic carbocycles. The van der Waals surface area contributed by atoms with Gasteiger partial charge >= 0.3 is 0 Å². The maximum absolute atomic E-state index is 5.73. The van der Waals surface area contributed by atoms with E-state index in [9.17, 15) is 0 Å². The number of aliphatic imine (C=N–C) groups is 1. The van der Waals surface area contributed by atoms with Crippen LogP contribution in [0.1, 0.15) is 76.9 Å². The van der Waals surface area contributed by atoms with E-state index in [2.05, 4.69) is 88.5 Å². The molecule has 0 spiro atoms. The highest BCUT2D eigenvalue weighted by molar-refractivity contribution is 5.95. The zero-order chi connectivity index (χ0) is 19.1. The zero-order valence-corrected chi connectivity index (χ0v) is 17.1. The van der Waals surface area contributed by atoms with Gasteiger partial charge in [0.25, 0.3) is 0 Å². The second-order valence-corrected chi connectivity index (χ2v) is 9.19. The van der Waals surface area contributed by atoms with Crippen molar-refractivity contribution in [3.63, 3.8) is 0 Å². The standard InChI is InChI=1S/C22H31N3O/c1-15(2)19-13-18(24-25(19)21(3,4)5)12-16-8-10-17(11-9-16)20-23-22(6,7)14-26-20/h8-11,13,15H,12,14H2,1-7H3. The number of hydrogen-bond donors (Lipinski definition) is 0. The lowest BCUT2D eigenvalue weighted by atomic mass is 10.0. The molecular formula is C22H31N3O. The summed E-state index contributed by atoms with van der Waals surface area (Å²) >= 11 is 0. The van der Waals surface area contributed by atoms with Crippen LogP contribution in [-0.2, 0) is 16.7 Å². The first kappa shape index (κ1) is 18.7. The second-order valence-electron chi connectivity index (χ2n) is 9.19. The Morgan fingerprint density at radius 1 is 1.15 bits per heavy atom. The van der Waals surface area contributed by atoms with Gasteiger partial charge in [0.15, 0.2) is 0 Å². The minimum absolute atomic E-state index is 0.00747. The van der Waals surface area contributed by atoms with Crippen molar-refractivity contribution in [1.29, 1.82) is 0 Å². The molecule has 1 aromatic heterocycles. The molecule has 0 fully saturated rings. The lowest BCUT2D eigenvalue weighted by Gasteiger charge is -2.23. The summed E-state index contributed by atoms with van der Waals surface area (Å²) in [6.45, 7) is 15.9. The molecule has 26 heavy (non-hydrogen) atoms. The summed E-state index contributed by atoms with van der Waals surface area (Å²) in [7, 11) is 0. The van der Waals surface area contributed by atoms with Gasteiger partial charge in [-0.2, -0.15) is 5.10 Å². The van der Waals surface area contributed by atoms with Gasteiger partial charge in [-0.15, -0.1) is 0 Å². The molecule has 0 radical (unpaired) electrons. The lowest BCUT2D eigenvalue weighted by molar-refractivity contribution is 0.279. The molecule has 0 N–H and O–H groups in total. The summed E-state index contributed by atoms with van der Waals surface area (Å²) in [5.41, 5.74) is 4.57. The van der Waals surface area contributed by atoms with E-state index >= 15 is 0 Å². The van der Waals surface area contributed by atoms with Crippen LogP contribution >= 0.6 is 0 Å². The molecule has 0 saturated heterocycles. The van der Waals surface area contributed by atoms with Crippen molar-refractivity contribution in [3.8, 4) is 0 Å². The summed E-state index contributed by atoms with van der Waals surface area (Å²) in [5.74, 6) is 1.21. The third-order valence-corrected chi connectivity index (χ3v) is 4.57. The molecule has 2 aromatic rings. The van der Waals surface area contributed by atoms with E-state index in [0.717, 1.165) is 23.6 Å². The molecule has 0 bridgehead atoms. The maximum Gasteiger partial charge on any atom is 0.216 e. The summed E-state index contributed by atoms with van der Waals surface area (Å²) in [5, 5.41) is 4.89. The van der Waals surface area contributed by atoms with Crippen LogP contribution < -0.4 is 0 Å². The third-order valence-electron chi connectivity index (χ3n) is 4.57. The molecule has 0 saturated carbocycles. The minimum atomic E-state index is -0.124. The number of rotatable bonds is 4. The Balaban J connectivity index is 1.80. The highest BCUT2D eigenvalue weighted by Gasteiger charge is 2.27. The summed E-state index contributed by atoms with van der Waals surface area (Å²) < 4.78 is 7.90. The predicted octanol–water partition coefficient (Wildman–Crippen LogP) is 4.91. The number of aromatic nitrogens is 2. The average Bonchev–Trinajstić information content (AvgIpc) is 3.11. The predicted molar refractivity (Wildman–Crippen MR) is 107 cm³/mol. The fraction of sp³-hybridized carbons (Fsp3) is 0.545. The molecule has 0 unspecified atom stereocenters. The van der Waals surface area contributed by atoms with Gasteiger partial charge in [0.2, 0.25) is 5.90 Å². The van der Waals surface area contributed by atoms with Crippen molar-refractivity contribution < 1.29 is 4.74 Å². The first-order valence-corrected chi connectivity index (χ1v) is 9.46. The van der Waals surface area contributed by atoms with Crippen LogP contribution in [0.4, 0.5) is 0 Å². The van der Waals surface area contributed by atoms with Gasteiger partial charge in [-0.3, -0.25) is 4.68 Å². The maximum atomic E-state index is 5.73. The molecule has 1 aliphatic heterocycles. The van der Waals surface area contributed by atoms with Crippen molar-refractivity contribution in [1.82, 2.24) is 9.78 Å². The molecule has 1 aliphatic rings. The number of ether oxygens (including phenoxy) is 1. The zero-order valence-electron chi connectivity index (χ0n) is 17.1. The monoisotopic (exact) mass is 353 g/mol. The van der Waals surface area contributed by atoms with Crippen LogP contribution in [0, 0.1) is 0 Å². The molecular weight excluding hydrogens is 322 g/mol. The average molecular weight is 354 g/mol. The van der Waals surface area contributed by atoms with E-state index in [1.165, 1.54) is 11.3 Å². The van der Waals surface area contributed by atoms with Crippen molar-refractivity contribution in [3.05, 3.63) is 52.8 Å². The van der Waals surface area contributed by atoms with Crippen LogP contribution in [0.25, 0.3) is 0 Å². The molecule has 140 valence electrons. The van der Waals surface area contributed by atoms with E-state index in [1.807, 2.05) is 0 Å². The molecule has 3 rings (SSSR count). The van der Waals surface area contributed by atoms with Crippen molar-refractivity contribution in [2.45, 2.75) is 71.9 Å². The van der Waals surface area contributed by atoms with Crippen LogP contribution in [0.2, 0.25) is 0 Å². The van der Waals surface area contributed by atoms with Crippen LogP contribution in [0.3, 0.4) is 0 Å². The number of hydrogen-bond acceptors (Lipinski definition) is 3. The van der Waals surface area contributed by atoms with Crippen molar-refractivity contribution in [2.75, 3.05) is 6.61 Å². The third kappa shape index (κ3) is 4.00. The summed E-state index contributed by atoms with van der Waals surface area (Å²) in [6, 6.07) is 10.7. The van der Waals surface area contributed by atoms with Crippen LogP contribution in [0.5, 0.6) is 0 Å². The Morgan fingerprint density at radius 3 is 2.27 bits per heavy atom. The normalized spacial score (nSPS) is 16.7. The molecule has 0 amide bonds. The number of benzene rings is 1. The quantitative estimate of drug-likeness (QED) is 0.783. The van der Waals surface area contributed by atoms with Crippen molar-refractivity contribution in [2.24, 2.45) is 4.99 Å². The first-order valence-electron chi connectivity index (χ1n) is 9.46. The van der Waals surface area contributed by atoms with E-state index < -0.39 is 0 Å². The van der Waals surface area contributed by atoms with E-state index in [4.69, 9.17) is 9.84 Å². The van der Waals surface area contributed by atoms with Gasteiger partial charge in [0.05, 0.1) is 16.8 Å². The summed E-state index contributed by atoms with van der Waals surface area (Å²) in [6.07, 6.45) is 0.835. The Hall–Kier alpha value is -2.10. The highest BCUT2D eigenvalue weighted by atomic mass is 16.5. The van der Waals surface area contributed by atoms with Crippen molar-refractivity contribution >= 4 is 5.90 Å². The molecule has 1 aromatic carbocycles. The molecule has 4 nitrogen and oxygen atoms in total. The van der Waals surface area contributed by atoms with Gasteiger partial charge < -0.3 is 4.74 Å². The topological polar surface area (TPSA) is 39.4 Å². The van der Waals surface area contributed by atoms with Crippen LogP contribution in [0.15, 0.2) is 35.3 Å². The fourth-order valence-electron chi connectivity index (χ4n) is 3.19. The van der Waals surface area contributed by atoms with Gasteiger partial charge in [0.1, 0.15) is 6.61 Å². The highest BCUT2D eigenvalue weighted by Crippen LogP contribution is 2.25. The Labute approximate surface area is 157 Å². The summed E-state index contributed by atoms with van der Waals surface area (Å²) in [4.78, 5) is 4.64. The van der Waals surface area contributed by atoms with Gasteiger partial charge in [0, 0.05) is 17.7 Å². The molecule has 4 heteroatoms. The van der Waals surface area contributed by atoms with E-state index in [-0.39, 0.29) is 11.1 Å². The lowest BCUT2D eigenvalue weighted by Crippen LogP contribution is -2.25. The Kier molecular flexibility index (Phi) is 4.72. The SMILES string of the molecule is CC(C)c1cc(Cc2ccc(C3=NC(C)(C)CO3)cc2)nn1C(C)(C)C. The number of nitrogens with zero attached hydrogens (tertiary/aromatic N) is 3. The first-order chi connectivity index (χ1) is 12.0. The second kappa shape index (κ2) is 6.57. The van der Waals surface area contributed by atoms with Gasteiger partial charge in [-0.25, -0.2) is 4.99 Å². The minimum Gasteiger partial charge on any atom is -0.475 e. The van der Waals surface area contributed by atoms with Gasteiger partial charge in [-0.05, 0) is 64.3 Å². The Bertz CT molecular complexity index is 805. The van der Waals surface area contributed by atoms with Crippen LogP contribution in [-0.4, -0.2) is 27.8 Å². The van der Waals surface area contributed by atoms with Gasteiger partial charge in [-0.1, -0.05) is 26.0 Å². The largest absolute Gasteiger partial charge is 0.475 e. The van der Waals surface area contributed by atoms with E-state index in [0.29, 0.717) is 12.5 Å². The van der Waals surface area contributed by atoms with E-state index in [1.54, 1.807) is 0 Å². The smallest absolute Gasteiger partial charge is 0.216 e. The molecule has 0 atom stereocenters. The Morgan fingerprint density at radius 2 is 1.81 bits per heavy atom. The molecule has 2 heterocycles.